The van der Waals surface area contributed by atoms with Crippen LogP contribution in [0.2, 0.25) is 0 Å². The van der Waals surface area contributed by atoms with Gasteiger partial charge in [0.25, 0.3) is 0 Å². The molecular weight excluding hydrogens is 447 g/mol. The lowest BCUT2D eigenvalue weighted by Gasteiger charge is -2.13. The summed E-state index contributed by atoms with van der Waals surface area (Å²) in [7, 11) is -0.676. The van der Waals surface area contributed by atoms with Gasteiger partial charge >= 0.3 is 0 Å². The summed E-state index contributed by atoms with van der Waals surface area (Å²) in [4.78, 5) is 4.29. The first kappa shape index (κ1) is 22.3. The van der Waals surface area contributed by atoms with Crippen LogP contribution in [0.4, 0.5) is 10.1 Å². The van der Waals surface area contributed by atoms with Crippen molar-refractivity contribution in [2.24, 2.45) is 0 Å². The van der Waals surface area contributed by atoms with Crippen LogP contribution in [0.5, 0.6) is 23.0 Å². The fraction of sp³-hybridized carbons (Fsp3) is 0.125. The molecule has 0 fully saturated rings. The lowest BCUT2D eigenvalue weighted by Crippen LogP contribution is -2.15. The van der Waals surface area contributed by atoms with E-state index in [1.807, 2.05) is 0 Å². The van der Waals surface area contributed by atoms with Gasteiger partial charge in [-0.2, -0.15) is 0 Å². The van der Waals surface area contributed by atoms with Crippen molar-refractivity contribution in [3.05, 3.63) is 84.3 Å². The highest BCUT2D eigenvalue weighted by atomic mass is 32.2. The Hall–Kier alpha value is -3.85. The second-order valence-electron chi connectivity index (χ2n) is 7.13. The van der Waals surface area contributed by atoms with E-state index in [1.54, 1.807) is 48.5 Å². The summed E-state index contributed by atoms with van der Waals surface area (Å²) >= 11 is 0. The first-order valence-electron chi connectivity index (χ1n) is 9.91. The molecule has 9 heteroatoms. The Balaban J connectivity index is 1.57. The highest BCUT2D eigenvalue weighted by molar-refractivity contribution is 7.91. The Kier molecular flexibility index (Phi) is 6.32. The molecule has 1 N–H and O–H groups in total. The van der Waals surface area contributed by atoms with Crippen molar-refractivity contribution in [2.75, 3.05) is 18.9 Å². The Morgan fingerprint density at radius 3 is 2.30 bits per heavy atom. The number of nitrogens with zero attached hydrogens (tertiary/aromatic N) is 1. The molecule has 0 saturated heterocycles. The molecule has 4 aromatic rings. The largest absolute Gasteiger partial charge is 0.493 e. The molecule has 1 heterocycles. The third-order valence-corrected chi connectivity index (χ3v) is 6.09. The van der Waals surface area contributed by atoms with Crippen LogP contribution in [-0.4, -0.2) is 27.6 Å². The van der Waals surface area contributed by atoms with Crippen LogP contribution in [0.1, 0.15) is 5.56 Å². The quantitative estimate of drug-likeness (QED) is 0.386. The van der Waals surface area contributed by atoms with E-state index in [-0.39, 0.29) is 17.2 Å². The van der Waals surface area contributed by atoms with Crippen LogP contribution in [0.3, 0.4) is 0 Å². The zero-order valence-corrected chi connectivity index (χ0v) is 18.7. The first-order valence-corrected chi connectivity index (χ1v) is 11.6. The van der Waals surface area contributed by atoms with Crippen LogP contribution in [0, 0.1) is 5.82 Å². The molecule has 0 aliphatic carbocycles. The minimum atomic E-state index is -3.71. The van der Waals surface area contributed by atoms with Gasteiger partial charge in [0.15, 0.2) is 23.1 Å². The van der Waals surface area contributed by atoms with Crippen LogP contribution in [0.15, 0.2) is 72.9 Å². The first-order chi connectivity index (χ1) is 15.9. The number of nitrogens with one attached hydrogen (secondary N) is 1. The number of halogens is 1. The highest BCUT2D eigenvalue weighted by Gasteiger charge is 2.16. The second-order valence-corrected chi connectivity index (χ2v) is 8.85. The van der Waals surface area contributed by atoms with Gasteiger partial charge in [0.1, 0.15) is 5.75 Å². The van der Waals surface area contributed by atoms with E-state index < -0.39 is 15.8 Å². The van der Waals surface area contributed by atoms with Gasteiger partial charge in [0.05, 0.1) is 31.2 Å². The molecule has 4 rings (SSSR count). The molecule has 0 unspecified atom stereocenters. The van der Waals surface area contributed by atoms with Gasteiger partial charge in [-0.15, -0.1) is 0 Å². The van der Waals surface area contributed by atoms with E-state index in [0.717, 1.165) is 6.07 Å². The topological polar surface area (TPSA) is 86.8 Å². The molecule has 0 aliphatic heterocycles. The number of hydrogen-bond acceptors (Lipinski definition) is 6. The molecule has 0 radical (unpaired) electrons. The second kappa shape index (κ2) is 9.33. The van der Waals surface area contributed by atoms with Crippen LogP contribution >= 0.6 is 0 Å². The summed E-state index contributed by atoms with van der Waals surface area (Å²) in [6.07, 6.45) is 1.54. The standard InChI is InChI=1S/C24H21FN2O5S/c1-30-23-13-18-20(14-24(23)31-2)26-11-10-21(18)32-22-9-8-17(12-19(22)25)27-33(28,29)15-16-6-4-3-5-7-16/h3-14,27H,15H2,1-2H3. The highest BCUT2D eigenvalue weighted by Crippen LogP contribution is 2.37. The molecule has 7 nitrogen and oxygen atoms in total. The predicted molar refractivity (Wildman–Crippen MR) is 124 cm³/mol. The maximum Gasteiger partial charge on any atom is 0.236 e. The van der Waals surface area contributed by atoms with Crippen molar-refractivity contribution in [2.45, 2.75) is 5.75 Å². The third-order valence-electron chi connectivity index (χ3n) is 4.83. The minimum Gasteiger partial charge on any atom is -0.493 e. The number of rotatable bonds is 8. The fourth-order valence-electron chi connectivity index (χ4n) is 3.31. The van der Waals surface area contributed by atoms with Gasteiger partial charge in [-0.05, 0) is 29.8 Å². The summed E-state index contributed by atoms with van der Waals surface area (Å²) in [5.41, 5.74) is 1.31. The van der Waals surface area contributed by atoms with E-state index in [1.165, 1.54) is 32.5 Å². The number of methoxy groups -OCH3 is 2. The molecule has 0 bridgehead atoms. The predicted octanol–water partition coefficient (Wildman–Crippen LogP) is 5.13. The van der Waals surface area contributed by atoms with E-state index in [4.69, 9.17) is 14.2 Å². The summed E-state index contributed by atoms with van der Waals surface area (Å²) < 4.78 is 58.4. The molecule has 0 aliphatic rings. The SMILES string of the molecule is COc1cc2nccc(Oc3ccc(NS(=O)(=O)Cc4ccccc4)cc3F)c2cc1OC. The molecule has 0 amide bonds. The molecule has 0 saturated carbocycles. The van der Waals surface area contributed by atoms with Crippen molar-refractivity contribution in [1.29, 1.82) is 0 Å². The van der Waals surface area contributed by atoms with Crippen LogP contribution in [0.25, 0.3) is 10.9 Å². The van der Waals surface area contributed by atoms with Gasteiger partial charge in [0.2, 0.25) is 10.0 Å². The van der Waals surface area contributed by atoms with Gasteiger partial charge in [-0.1, -0.05) is 30.3 Å². The number of anilines is 1. The molecular formula is C24H21FN2O5S. The number of pyridine rings is 1. The number of aromatic nitrogens is 1. The number of fused-ring (bicyclic) bond motifs is 1. The molecule has 1 aromatic heterocycles. The Bertz CT molecular complexity index is 1400. The minimum absolute atomic E-state index is 0.0664. The zero-order valence-electron chi connectivity index (χ0n) is 17.9. The number of hydrogen-bond donors (Lipinski definition) is 1. The van der Waals surface area contributed by atoms with E-state index >= 15 is 0 Å². The van der Waals surface area contributed by atoms with E-state index in [0.29, 0.717) is 33.7 Å². The van der Waals surface area contributed by atoms with Crippen molar-refractivity contribution in [3.8, 4) is 23.0 Å². The molecule has 170 valence electrons. The maximum atomic E-state index is 14.8. The van der Waals surface area contributed by atoms with Gasteiger partial charge in [0, 0.05) is 23.7 Å². The average molecular weight is 469 g/mol. The van der Waals surface area contributed by atoms with Crippen molar-refractivity contribution in [1.82, 2.24) is 4.98 Å². The number of benzene rings is 3. The summed E-state index contributed by atoms with van der Waals surface area (Å²) in [5, 5.41) is 0.599. The van der Waals surface area contributed by atoms with Crippen molar-refractivity contribution in [3.63, 3.8) is 0 Å². The summed E-state index contributed by atoms with van der Waals surface area (Å²) in [6.45, 7) is 0. The van der Waals surface area contributed by atoms with Gasteiger partial charge in [-0.25, -0.2) is 12.8 Å². The van der Waals surface area contributed by atoms with Crippen LogP contribution in [-0.2, 0) is 15.8 Å². The van der Waals surface area contributed by atoms with Gasteiger partial charge in [-0.3, -0.25) is 9.71 Å². The van der Waals surface area contributed by atoms with Crippen molar-refractivity contribution < 1.29 is 27.0 Å². The maximum absolute atomic E-state index is 14.8. The molecule has 3 aromatic carbocycles. The number of sulfonamides is 1. The summed E-state index contributed by atoms with van der Waals surface area (Å²) in [5.74, 6) is 0.336. The normalized spacial score (nSPS) is 11.2. The lowest BCUT2D eigenvalue weighted by molar-refractivity contribution is 0.355. The summed E-state index contributed by atoms with van der Waals surface area (Å²) in [6, 6.07) is 17.6. The fourth-order valence-corrected chi connectivity index (χ4v) is 4.50. The smallest absolute Gasteiger partial charge is 0.236 e. The Morgan fingerprint density at radius 2 is 1.61 bits per heavy atom. The van der Waals surface area contributed by atoms with E-state index in [2.05, 4.69) is 9.71 Å². The molecule has 0 spiro atoms. The monoisotopic (exact) mass is 468 g/mol. The van der Waals surface area contributed by atoms with Crippen LogP contribution < -0.4 is 18.9 Å². The Labute approximate surface area is 190 Å². The average Bonchev–Trinajstić information content (AvgIpc) is 2.80. The Morgan fingerprint density at radius 1 is 0.879 bits per heavy atom. The van der Waals surface area contributed by atoms with Gasteiger partial charge < -0.3 is 14.2 Å². The van der Waals surface area contributed by atoms with E-state index in [9.17, 15) is 12.8 Å². The zero-order chi connectivity index (χ0) is 23.4. The lowest BCUT2D eigenvalue weighted by atomic mass is 10.2. The van der Waals surface area contributed by atoms with Crippen molar-refractivity contribution >= 4 is 26.6 Å². The molecule has 0 atom stereocenters. The number of ether oxygens (including phenoxy) is 3. The third kappa shape index (κ3) is 5.15. The molecule has 33 heavy (non-hydrogen) atoms.